The van der Waals surface area contributed by atoms with Gasteiger partial charge in [-0.3, -0.25) is 9.52 Å². The molecule has 3 aromatic rings. The molecule has 0 aliphatic heterocycles. The summed E-state index contributed by atoms with van der Waals surface area (Å²) in [7, 11) is -4.07. The molecule has 7 N–H and O–H groups in total. The van der Waals surface area contributed by atoms with E-state index in [1.54, 1.807) is 30.3 Å². The minimum atomic E-state index is -4.07. The Labute approximate surface area is 245 Å². The number of urea groups is 2. The fourth-order valence-electron chi connectivity index (χ4n) is 3.92. The van der Waals surface area contributed by atoms with Crippen LogP contribution in [0, 0.1) is 0 Å². The number of hydrogen-bond donors (Lipinski definition) is 7. The Bertz CT molecular complexity index is 1490. The summed E-state index contributed by atoms with van der Waals surface area (Å²) in [6, 6.07) is 17.2. The van der Waals surface area contributed by atoms with Gasteiger partial charge >= 0.3 is 18.0 Å². The topological polar surface area (TPSA) is 178 Å². The lowest BCUT2D eigenvalue weighted by Gasteiger charge is -2.19. The van der Waals surface area contributed by atoms with Crippen molar-refractivity contribution in [1.29, 1.82) is 0 Å². The largest absolute Gasteiger partial charge is 0.481 e. The highest BCUT2D eigenvalue weighted by atomic mass is 32.2. The maximum Gasteiger partial charge on any atom is 0.319 e. The maximum absolute atomic E-state index is 13.1. The molecule has 0 bridgehead atoms. The van der Waals surface area contributed by atoms with Crippen molar-refractivity contribution in [2.75, 3.05) is 27.2 Å². The highest BCUT2D eigenvalue weighted by molar-refractivity contribution is 7.92. The second kappa shape index (κ2) is 14.7. The number of aliphatic carboxylic acids is 1. The van der Waals surface area contributed by atoms with Crippen molar-refractivity contribution in [3.8, 4) is 0 Å². The summed E-state index contributed by atoms with van der Waals surface area (Å²) in [4.78, 5) is 36.2. The molecular formula is C29H36N6O6S. The van der Waals surface area contributed by atoms with Gasteiger partial charge in [0.05, 0.1) is 17.4 Å². The first-order chi connectivity index (χ1) is 19.9. The van der Waals surface area contributed by atoms with Gasteiger partial charge in [-0.15, -0.1) is 0 Å². The minimum Gasteiger partial charge on any atom is -0.481 e. The van der Waals surface area contributed by atoms with Crippen molar-refractivity contribution in [1.82, 2.24) is 10.6 Å². The lowest BCUT2D eigenvalue weighted by atomic mass is 10.0. The molecule has 224 valence electrons. The molecule has 0 aromatic heterocycles. The molecule has 0 radical (unpaired) electrons. The molecule has 0 heterocycles. The van der Waals surface area contributed by atoms with E-state index in [1.165, 1.54) is 30.3 Å². The van der Waals surface area contributed by atoms with Crippen LogP contribution < -0.4 is 31.3 Å². The number of rotatable bonds is 13. The van der Waals surface area contributed by atoms with E-state index in [9.17, 15) is 27.9 Å². The summed E-state index contributed by atoms with van der Waals surface area (Å²) in [5, 5.41) is 23.3. The Balaban J connectivity index is 1.73. The van der Waals surface area contributed by atoms with E-state index in [-0.39, 0.29) is 16.6 Å². The van der Waals surface area contributed by atoms with Gasteiger partial charge in [0.25, 0.3) is 10.0 Å². The average Bonchev–Trinajstić information content (AvgIpc) is 2.92. The van der Waals surface area contributed by atoms with Gasteiger partial charge in [-0.25, -0.2) is 18.0 Å². The minimum absolute atomic E-state index is 0.0876. The summed E-state index contributed by atoms with van der Waals surface area (Å²) in [6.45, 7) is 6.40. The van der Waals surface area contributed by atoms with Crippen molar-refractivity contribution in [2.24, 2.45) is 0 Å². The molecule has 0 unspecified atom stereocenters. The Morgan fingerprint density at radius 2 is 1.45 bits per heavy atom. The van der Waals surface area contributed by atoms with E-state index in [2.05, 4.69) is 31.3 Å². The SMILES string of the molecule is CCCNC(=O)Nc1cccc(S(=O)(=O)Nc2cccc([C@H](CC(=O)O)NC(=O)Nc3ccc(NC(C)C)cc3)c2)c1. The number of benzene rings is 3. The highest BCUT2D eigenvalue weighted by Gasteiger charge is 2.21. The van der Waals surface area contributed by atoms with Crippen molar-refractivity contribution >= 4 is 50.8 Å². The third kappa shape index (κ3) is 10.0. The standard InChI is InChI=1S/C29H36N6O6S/c1-4-15-30-28(38)33-23-8-6-10-25(17-23)42(40,41)35-24-9-5-7-20(16-24)26(18-27(36)37)34-29(39)32-22-13-11-21(12-14-22)31-19(2)3/h5-14,16-17,19,26,31,35H,4,15,18H2,1-3H3,(H,36,37)(H2,30,33,38)(H2,32,34,39)/t26-/m0/s1. The summed E-state index contributed by atoms with van der Waals surface area (Å²) < 4.78 is 28.7. The number of nitrogens with one attached hydrogen (secondary N) is 6. The zero-order valence-electron chi connectivity index (χ0n) is 23.6. The van der Waals surface area contributed by atoms with Crippen LogP contribution in [0.2, 0.25) is 0 Å². The third-order valence-electron chi connectivity index (χ3n) is 5.76. The Morgan fingerprint density at radius 1 is 0.810 bits per heavy atom. The van der Waals surface area contributed by atoms with Crippen LogP contribution in [0.15, 0.2) is 77.7 Å². The van der Waals surface area contributed by atoms with Gasteiger partial charge in [0.15, 0.2) is 0 Å². The van der Waals surface area contributed by atoms with Gasteiger partial charge in [0.2, 0.25) is 0 Å². The van der Waals surface area contributed by atoms with Gasteiger partial charge in [-0.05, 0) is 80.4 Å². The van der Waals surface area contributed by atoms with Crippen LogP contribution in [0.5, 0.6) is 0 Å². The van der Waals surface area contributed by atoms with Crippen molar-refractivity contribution in [3.05, 3.63) is 78.4 Å². The molecular weight excluding hydrogens is 560 g/mol. The smallest absolute Gasteiger partial charge is 0.319 e. The lowest BCUT2D eigenvalue weighted by Crippen LogP contribution is -2.33. The molecule has 0 spiro atoms. The number of anilines is 4. The first-order valence-electron chi connectivity index (χ1n) is 13.4. The number of carboxylic acids is 1. The lowest BCUT2D eigenvalue weighted by molar-refractivity contribution is -0.137. The highest BCUT2D eigenvalue weighted by Crippen LogP contribution is 2.24. The second-order valence-corrected chi connectivity index (χ2v) is 11.4. The molecule has 4 amide bonds. The molecule has 42 heavy (non-hydrogen) atoms. The molecule has 3 aromatic carbocycles. The summed E-state index contributed by atoms with van der Waals surface area (Å²) in [5.74, 6) is -1.15. The predicted octanol–water partition coefficient (Wildman–Crippen LogP) is 5.18. The van der Waals surface area contributed by atoms with Crippen molar-refractivity contribution in [3.63, 3.8) is 0 Å². The van der Waals surface area contributed by atoms with Crippen molar-refractivity contribution < 1.29 is 27.9 Å². The number of carbonyl (C=O) groups excluding carboxylic acids is 2. The van der Waals surface area contributed by atoms with Gasteiger partial charge in [-0.1, -0.05) is 25.1 Å². The Kier molecular flexibility index (Phi) is 11.1. The van der Waals surface area contributed by atoms with Crippen LogP contribution in [0.3, 0.4) is 0 Å². The summed E-state index contributed by atoms with van der Waals surface area (Å²) in [6.07, 6.45) is 0.317. The van der Waals surface area contributed by atoms with Crippen LogP contribution in [0.25, 0.3) is 0 Å². The first-order valence-corrected chi connectivity index (χ1v) is 14.9. The zero-order chi connectivity index (χ0) is 30.7. The van der Waals surface area contributed by atoms with E-state index in [0.717, 1.165) is 12.1 Å². The summed E-state index contributed by atoms with van der Waals surface area (Å²) >= 11 is 0. The molecule has 13 heteroatoms. The maximum atomic E-state index is 13.1. The second-order valence-electron chi connectivity index (χ2n) is 9.76. The third-order valence-corrected chi connectivity index (χ3v) is 7.14. The van der Waals surface area contributed by atoms with E-state index >= 15 is 0 Å². The quantitative estimate of drug-likeness (QED) is 0.142. The first kappa shape index (κ1) is 31.7. The van der Waals surface area contributed by atoms with Crippen LogP contribution in [0.4, 0.5) is 32.3 Å². The van der Waals surface area contributed by atoms with Crippen LogP contribution >= 0.6 is 0 Å². The van der Waals surface area contributed by atoms with Crippen molar-refractivity contribution in [2.45, 2.75) is 50.6 Å². The molecule has 0 aliphatic carbocycles. The Hall–Kier alpha value is -4.78. The molecule has 0 fully saturated rings. The fourth-order valence-corrected chi connectivity index (χ4v) is 5.02. The monoisotopic (exact) mass is 596 g/mol. The number of carboxylic acid groups (broad SMARTS) is 1. The Morgan fingerprint density at radius 3 is 2.12 bits per heavy atom. The molecule has 0 aliphatic rings. The average molecular weight is 597 g/mol. The van der Waals surface area contributed by atoms with Gasteiger partial charge < -0.3 is 31.7 Å². The predicted molar refractivity (Wildman–Crippen MR) is 163 cm³/mol. The van der Waals surface area contributed by atoms with Gasteiger partial charge in [0.1, 0.15) is 0 Å². The van der Waals surface area contributed by atoms with E-state index in [0.29, 0.717) is 23.5 Å². The van der Waals surface area contributed by atoms with Gasteiger partial charge in [-0.2, -0.15) is 0 Å². The molecule has 12 nitrogen and oxygen atoms in total. The van der Waals surface area contributed by atoms with E-state index in [1.807, 2.05) is 32.9 Å². The van der Waals surface area contributed by atoms with E-state index < -0.39 is 40.5 Å². The normalized spacial score (nSPS) is 11.7. The zero-order valence-corrected chi connectivity index (χ0v) is 24.4. The van der Waals surface area contributed by atoms with Crippen LogP contribution in [-0.4, -0.2) is 44.1 Å². The molecule has 0 saturated heterocycles. The molecule has 3 rings (SSSR count). The van der Waals surface area contributed by atoms with Crippen LogP contribution in [0.1, 0.15) is 45.2 Å². The number of carbonyl (C=O) groups is 3. The molecule has 1 atom stereocenters. The van der Waals surface area contributed by atoms with E-state index in [4.69, 9.17) is 0 Å². The van der Waals surface area contributed by atoms with Gasteiger partial charge in [0, 0.05) is 35.3 Å². The molecule has 0 saturated carbocycles. The number of amides is 4. The number of sulfonamides is 1. The fraction of sp³-hybridized carbons (Fsp3) is 0.276. The number of hydrogen-bond acceptors (Lipinski definition) is 6. The summed E-state index contributed by atoms with van der Waals surface area (Å²) in [5.41, 5.74) is 2.24. The van der Waals surface area contributed by atoms with Crippen LogP contribution in [-0.2, 0) is 14.8 Å².